The number of rotatable bonds is 6. The second-order valence-corrected chi connectivity index (χ2v) is 14.1. The molecule has 228 valence electrons. The van der Waals surface area contributed by atoms with Gasteiger partial charge in [-0.15, -0.1) is 0 Å². The monoisotopic (exact) mass is 577 g/mol. The number of H-pyrrole nitrogens is 1. The molecule has 0 bridgehead atoms. The van der Waals surface area contributed by atoms with Gasteiger partial charge in [0.15, 0.2) is 17.7 Å². The fourth-order valence-corrected chi connectivity index (χ4v) is 7.63. The van der Waals surface area contributed by atoms with E-state index in [0.29, 0.717) is 23.3 Å². The fourth-order valence-electron chi connectivity index (χ4n) is 7.63. The van der Waals surface area contributed by atoms with E-state index in [9.17, 15) is 9.90 Å². The smallest absolute Gasteiger partial charge is 0.340 e. The molecule has 0 spiro atoms. The van der Waals surface area contributed by atoms with Gasteiger partial charge in [-0.25, -0.2) is 4.79 Å². The van der Waals surface area contributed by atoms with Crippen LogP contribution < -0.4 is 0 Å². The van der Waals surface area contributed by atoms with Crippen molar-refractivity contribution in [3.63, 3.8) is 0 Å². The van der Waals surface area contributed by atoms with Gasteiger partial charge < -0.3 is 24.3 Å². The number of nitrogens with one attached hydrogen (secondary N) is 1. The first-order valence-electron chi connectivity index (χ1n) is 15.3. The molecule has 0 amide bonds. The summed E-state index contributed by atoms with van der Waals surface area (Å²) >= 11 is 0. The first-order valence-corrected chi connectivity index (χ1v) is 15.3. The van der Waals surface area contributed by atoms with Crippen LogP contribution in [0.25, 0.3) is 10.9 Å². The third kappa shape index (κ3) is 4.59. The molecule has 0 radical (unpaired) electrons. The Kier molecular flexibility index (Phi) is 7.65. The minimum atomic E-state index is -1.75. The Morgan fingerprint density at radius 2 is 1.93 bits per heavy atom. The van der Waals surface area contributed by atoms with Gasteiger partial charge in [0.25, 0.3) is 0 Å². The summed E-state index contributed by atoms with van der Waals surface area (Å²) in [6, 6.07) is 7.35. The van der Waals surface area contributed by atoms with Gasteiger partial charge in [-0.2, -0.15) is 0 Å². The number of aromatic nitrogens is 1. The molecule has 42 heavy (non-hydrogen) atoms. The number of para-hydroxylation sites is 1. The Balaban J connectivity index is 1.67. The maximum atomic E-state index is 15.1. The molecule has 1 aromatic heterocycles. The number of hydrogen-bond donors (Lipinski definition) is 2. The first kappa shape index (κ1) is 30.7. The molecule has 2 aliphatic carbocycles. The van der Waals surface area contributed by atoms with Gasteiger partial charge in [0.05, 0.1) is 29.2 Å². The molecule has 2 N–H and O–H groups in total. The van der Waals surface area contributed by atoms with E-state index in [0.717, 1.165) is 17.4 Å². The zero-order valence-electron chi connectivity index (χ0n) is 26.5. The maximum absolute atomic E-state index is 15.1. The number of Topliss-reactive ketones (excluding diaryl/α,β-unsaturated/α-hetero) is 1. The molecule has 2 aromatic rings. The van der Waals surface area contributed by atoms with Crippen molar-refractivity contribution in [2.24, 2.45) is 28.6 Å². The third-order valence-corrected chi connectivity index (χ3v) is 10.6. The number of allylic oxidation sites excluding steroid dienone is 1. The molecule has 1 aromatic carbocycles. The predicted octanol–water partition coefficient (Wildman–Crippen LogP) is 6.77. The van der Waals surface area contributed by atoms with E-state index in [4.69, 9.17) is 14.2 Å². The van der Waals surface area contributed by atoms with Crippen molar-refractivity contribution in [2.75, 3.05) is 6.61 Å². The van der Waals surface area contributed by atoms with Crippen LogP contribution >= 0.6 is 0 Å². The maximum Gasteiger partial charge on any atom is 0.340 e. The lowest BCUT2D eigenvalue weighted by Crippen LogP contribution is -2.64. The van der Waals surface area contributed by atoms with Gasteiger partial charge in [0.1, 0.15) is 5.60 Å². The summed E-state index contributed by atoms with van der Waals surface area (Å²) in [6.45, 7) is 18.4. The number of ketones is 1. The number of benzene rings is 1. The average molecular weight is 578 g/mol. The summed E-state index contributed by atoms with van der Waals surface area (Å²) in [4.78, 5) is 32.1. The molecule has 5 rings (SSSR count). The molecular formula is C35H47NO6. The van der Waals surface area contributed by atoms with Gasteiger partial charge >= 0.3 is 5.97 Å². The van der Waals surface area contributed by atoms with Crippen molar-refractivity contribution in [3.8, 4) is 0 Å². The van der Waals surface area contributed by atoms with Gasteiger partial charge in [-0.1, -0.05) is 72.2 Å². The Morgan fingerprint density at radius 3 is 2.60 bits per heavy atom. The lowest BCUT2D eigenvalue weighted by molar-refractivity contribution is -0.266. The molecule has 7 nitrogen and oxygen atoms in total. The number of hydrogen-bond acceptors (Lipinski definition) is 6. The SMILES string of the molecule is CCC(C)C(C)(C)C1/C=C2/COC(C)(C)OC2CC2(O)C(OC(=O)c3cccc4cc[nH]c34)C(C)=CC2(C(C)C)C1=O. The molecule has 6 atom stereocenters. The second kappa shape index (κ2) is 10.5. The third-order valence-electron chi connectivity index (χ3n) is 10.6. The second-order valence-electron chi connectivity index (χ2n) is 14.1. The standard InChI is InChI=1S/C35H47NO6/c1-10-22(5)32(6,7)26-16-24-19-40-33(8,9)42-27(24)18-35(39)30(21(4)17-34(35,20(2)3)29(26)37)41-31(38)25-13-11-12-23-14-15-36-28(23)25/h11-17,20,22,26-27,30,36,39H,10,18-19H2,1-9H3/b24-16-. The van der Waals surface area contributed by atoms with Crippen LogP contribution in [-0.4, -0.2) is 52.0 Å². The Morgan fingerprint density at radius 1 is 1.21 bits per heavy atom. The lowest BCUT2D eigenvalue weighted by atomic mass is 9.54. The highest BCUT2D eigenvalue weighted by Crippen LogP contribution is 2.59. The van der Waals surface area contributed by atoms with Gasteiger partial charge in [0.2, 0.25) is 0 Å². The number of carbonyl (C=O) groups excluding carboxylic acids is 2. The van der Waals surface area contributed by atoms with E-state index < -0.39 is 46.3 Å². The Labute approximate surface area is 249 Å². The van der Waals surface area contributed by atoms with Crippen LogP contribution in [0, 0.1) is 28.6 Å². The fraction of sp³-hybridized carbons (Fsp3) is 0.600. The highest BCUT2D eigenvalue weighted by Gasteiger charge is 2.68. The van der Waals surface area contributed by atoms with Crippen molar-refractivity contribution in [1.82, 2.24) is 4.98 Å². The zero-order valence-corrected chi connectivity index (χ0v) is 26.5. The molecule has 2 heterocycles. The first-order chi connectivity index (χ1) is 19.6. The molecule has 1 saturated heterocycles. The van der Waals surface area contributed by atoms with E-state index in [1.165, 1.54) is 0 Å². The highest BCUT2D eigenvalue weighted by molar-refractivity contribution is 6.03. The summed E-state index contributed by atoms with van der Waals surface area (Å²) in [7, 11) is 0. The lowest BCUT2D eigenvalue weighted by Gasteiger charge is -2.53. The van der Waals surface area contributed by atoms with E-state index in [1.54, 1.807) is 12.3 Å². The number of fused-ring (bicyclic) bond motifs is 3. The van der Waals surface area contributed by atoms with Crippen molar-refractivity contribution in [3.05, 3.63) is 59.3 Å². The molecule has 0 saturated carbocycles. The topological polar surface area (TPSA) is 97.8 Å². The Bertz CT molecular complexity index is 1450. The number of ether oxygens (including phenoxy) is 3. The van der Waals surface area contributed by atoms with Gasteiger partial charge in [0, 0.05) is 23.9 Å². The molecular weight excluding hydrogens is 530 g/mol. The molecule has 6 unspecified atom stereocenters. The van der Waals surface area contributed by atoms with E-state index in [-0.39, 0.29) is 24.0 Å². The van der Waals surface area contributed by atoms with E-state index in [1.807, 2.05) is 58.9 Å². The van der Waals surface area contributed by atoms with Crippen LogP contribution in [0.2, 0.25) is 0 Å². The molecule has 1 aliphatic heterocycles. The van der Waals surface area contributed by atoms with Crippen molar-refractivity contribution < 1.29 is 28.9 Å². The van der Waals surface area contributed by atoms with Crippen LogP contribution in [0.15, 0.2) is 53.8 Å². The van der Waals surface area contributed by atoms with Crippen LogP contribution in [0.5, 0.6) is 0 Å². The van der Waals surface area contributed by atoms with E-state index in [2.05, 4.69) is 38.8 Å². The minimum absolute atomic E-state index is 0.0505. The number of aliphatic hydroxyl groups is 1. The average Bonchev–Trinajstić information content (AvgIpc) is 3.48. The van der Waals surface area contributed by atoms with Crippen LogP contribution in [0.1, 0.15) is 85.5 Å². The normalized spacial score (nSPS) is 33.2. The van der Waals surface area contributed by atoms with Gasteiger partial charge in [-0.05, 0) is 61.3 Å². The Hall–Kier alpha value is -2.74. The number of carbonyl (C=O) groups is 2. The summed E-state index contributed by atoms with van der Waals surface area (Å²) in [5.41, 5.74) is -0.897. The predicted molar refractivity (Wildman–Crippen MR) is 163 cm³/mol. The summed E-state index contributed by atoms with van der Waals surface area (Å²) < 4.78 is 18.8. The number of esters is 1. The number of aromatic amines is 1. The molecule has 1 fully saturated rings. The quantitative estimate of drug-likeness (QED) is 0.291. The summed E-state index contributed by atoms with van der Waals surface area (Å²) in [5, 5.41) is 14.0. The summed E-state index contributed by atoms with van der Waals surface area (Å²) in [5.74, 6) is -2.05. The van der Waals surface area contributed by atoms with Crippen molar-refractivity contribution >= 4 is 22.7 Å². The van der Waals surface area contributed by atoms with E-state index >= 15 is 4.79 Å². The largest absolute Gasteiger partial charge is 0.451 e. The molecule has 7 heteroatoms. The molecule has 3 aliphatic rings. The van der Waals surface area contributed by atoms with Crippen molar-refractivity contribution in [2.45, 2.75) is 98.8 Å². The van der Waals surface area contributed by atoms with Crippen LogP contribution in [0.4, 0.5) is 0 Å². The zero-order chi connectivity index (χ0) is 30.8. The van der Waals surface area contributed by atoms with Gasteiger partial charge in [-0.3, -0.25) is 4.79 Å². The van der Waals surface area contributed by atoms with Crippen LogP contribution in [0.3, 0.4) is 0 Å². The minimum Gasteiger partial charge on any atom is -0.451 e. The summed E-state index contributed by atoms with van der Waals surface area (Å²) in [6.07, 6.45) is 5.18. The highest BCUT2D eigenvalue weighted by atomic mass is 16.7. The van der Waals surface area contributed by atoms with Crippen LogP contribution in [-0.2, 0) is 19.0 Å². The van der Waals surface area contributed by atoms with Crippen molar-refractivity contribution in [1.29, 1.82) is 0 Å².